The molecule has 3 N–H and O–H groups in total. The van der Waals surface area contributed by atoms with Crippen LogP contribution in [0.3, 0.4) is 0 Å². The van der Waals surface area contributed by atoms with Crippen molar-refractivity contribution in [1.82, 2.24) is 9.97 Å². The predicted octanol–water partition coefficient (Wildman–Crippen LogP) is 2.41. The van der Waals surface area contributed by atoms with E-state index in [1.54, 1.807) is 0 Å². The molecule has 1 aromatic rings. The van der Waals surface area contributed by atoms with Crippen molar-refractivity contribution >= 4 is 11.6 Å². The Morgan fingerprint density at radius 3 is 2.57 bits per heavy atom. The Kier molecular flexibility index (Phi) is 7.39. The van der Waals surface area contributed by atoms with Gasteiger partial charge in [-0.2, -0.15) is 0 Å². The maximum absolute atomic E-state index is 9.12. The Labute approximate surface area is 127 Å². The van der Waals surface area contributed by atoms with Gasteiger partial charge in [0.25, 0.3) is 0 Å². The van der Waals surface area contributed by atoms with Crippen LogP contribution in [-0.4, -0.2) is 40.4 Å². The fourth-order valence-corrected chi connectivity index (χ4v) is 1.85. The molecule has 120 valence electrons. The van der Waals surface area contributed by atoms with Gasteiger partial charge in [-0.25, -0.2) is 9.97 Å². The molecule has 0 aliphatic rings. The smallest absolute Gasteiger partial charge is 0.158 e. The molecule has 1 rings (SSSR count). The van der Waals surface area contributed by atoms with E-state index >= 15 is 0 Å². The van der Waals surface area contributed by atoms with Gasteiger partial charge in [-0.15, -0.1) is 0 Å². The first kappa shape index (κ1) is 17.7. The zero-order valence-electron chi connectivity index (χ0n) is 13.6. The highest BCUT2D eigenvalue weighted by atomic mass is 16.5. The molecule has 0 aliphatic heterocycles. The molecule has 0 aromatic carbocycles. The Morgan fingerprint density at radius 2 is 1.95 bits per heavy atom. The van der Waals surface area contributed by atoms with Gasteiger partial charge in [0, 0.05) is 31.4 Å². The maximum atomic E-state index is 9.12. The van der Waals surface area contributed by atoms with E-state index in [4.69, 9.17) is 9.84 Å². The molecule has 6 heteroatoms. The average Bonchev–Trinajstić information content (AvgIpc) is 2.42. The van der Waals surface area contributed by atoms with E-state index in [0.29, 0.717) is 25.5 Å². The summed E-state index contributed by atoms with van der Waals surface area (Å²) in [6.07, 6.45) is 1.68. The van der Waals surface area contributed by atoms with Gasteiger partial charge in [0.05, 0.1) is 0 Å². The molecule has 0 radical (unpaired) electrons. The van der Waals surface area contributed by atoms with Crippen LogP contribution < -0.4 is 10.6 Å². The van der Waals surface area contributed by atoms with Crippen molar-refractivity contribution in [3.63, 3.8) is 0 Å². The summed E-state index contributed by atoms with van der Waals surface area (Å²) >= 11 is 0. The van der Waals surface area contributed by atoms with Gasteiger partial charge in [-0.1, -0.05) is 6.92 Å². The molecule has 21 heavy (non-hydrogen) atoms. The highest BCUT2D eigenvalue weighted by molar-refractivity contribution is 5.48. The largest absolute Gasteiger partial charge is 0.396 e. The molecular formula is C15H28N4O2. The minimum Gasteiger partial charge on any atom is -0.396 e. The number of rotatable bonds is 10. The molecule has 0 fully saturated rings. The summed E-state index contributed by atoms with van der Waals surface area (Å²) in [5.41, 5.74) is -0.228. The predicted molar refractivity (Wildman–Crippen MR) is 85.5 cm³/mol. The molecule has 0 atom stereocenters. The molecule has 1 heterocycles. The second-order valence-electron chi connectivity index (χ2n) is 5.60. The van der Waals surface area contributed by atoms with Crippen LogP contribution in [-0.2, 0) is 11.3 Å². The van der Waals surface area contributed by atoms with Gasteiger partial charge in [-0.05, 0) is 33.6 Å². The van der Waals surface area contributed by atoms with E-state index in [-0.39, 0.29) is 12.1 Å². The van der Waals surface area contributed by atoms with E-state index in [1.165, 1.54) is 0 Å². The summed E-state index contributed by atoms with van der Waals surface area (Å²) in [4.78, 5) is 8.93. The number of hydrogen-bond donors (Lipinski definition) is 3. The summed E-state index contributed by atoms with van der Waals surface area (Å²) in [5, 5.41) is 15.7. The van der Waals surface area contributed by atoms with Crippen molar-refractivity contribution in [1.29, 1.82) is 0 Å². The lowest BCUT2D eigenvalue weighted by Gasteiger charge is -2.26. The molecule has 0 unspecified atom stereocenters. The van der Waals surface area contributed by atoms with Crippen LogP contribution in [0.2, 0.25) is 0 Å². The molecule has 0 saturated heterocycles. The summed E-state index contributed by atoms with van der Waals surface area (Å²) in [7, 11) is 0. The molecule has 0 bridgehead atoms. The monoisotopic (exact) mass is 296 g/mol. The zero-order valence-corrected chi connectivity index (χ0v) is 13.6. The van der Waals surface area contributed by atoms with E-state index < -0.39 is 0 Å². The number of aliphatic hydroxyl groups excluding tert-OH is 1. The van der Waals surface area contributed by atoms with Crippen molar-refractivity contribution in [3.8, 4) is 0 Å². The summed E-state index contributed by atoms with van der Waals surface area (Å²) in [6, 6.07) is 1.89. The van der Waals surface area contributed by atoms with Crippen LogP contribution in [0, 0.1) is 0 Å². The van der Waals surface area contributed by atoms with Gasteiger partial charge < -0.3 is 20.5 Å². The van der Waals surface area contributed by atoms with Gasteiger partial charge >= 0.3 is 0 Å². The van der Waals surface area contributed by atoms with E-state index in [9.17, 15) is 0 Å². The number of anilines is 2. The third-order valence-corrected chi connectivity index (χ3v) is 2.97. The first-order valence-electron chi connectivity index (χ1n) is 7.59. The summed E-state index contributed by atoms with van der Waals surface area (Å²) < 4.78 is 5.39. The van der Waals surface area contributed by atoms with Crippen LogP contribution in [0.4, 0.5) is 11.6 Å². The first-order valence-corrected chi connectivity index (χ1v) is 7.59. The van der Waals surface area contributed by atoms with Crippen LogP contribution in [0.25, 0.3) is 0 Å². The standard InChI is InChI=1S/C15H28N4O2/c1-5-8-16-12-10-13(19-15(3,4)7-9-20)18-14(17-12)11-21-6-2/h10,20H,5-9,11H2,1-4H3,(H2,16,17,18,19). The quantitative estimate of drug-likeness (QED) is 0.615. The van der Waals surface area contributed by atoms with E-state index in [2.05, 4.69) is 27.5 Å². The number of ether oxygens (including phenoxy) is 1. The van der Waals surface area contributed by atoms with Crippen LogP contribution in [0.5, 0.6) is 0 Å². The lowest BCUT2D eigenvalue weighted by Crippen LogP contribution is -2.32. The third kappa shape index (κ3) is 6.73. The Morgan fingerprint density at radius 1 is 1.24 bits per heavy atom. The molecule has 0 amide bonds. The summed E-state index contributed by atoms with van der Waals surface area (Å²) in [6.45, 7) is 10.2. The fraction of sp³-hybridized carbons (Fsp3) is 0.733. The average molecular weight is 296 g/mol. The van der Waals surface area contributed by atoms with Gasteiger partial charge in [0.2, 0.25) is 0 Å². The number of aliphatic hydroxyl groups is 1. The minimum atomic E-state index is -0.228. The second-order valence-corrected chi connectivity index (χ2v) is 5.60. The highest BCUT2D eigenvalue weighted by Crippen LogP contribution is 2.19. The number of nitrogens with zero attached hydrogens (tertiary/aromatic N) is 2. The van der Waals surface area contributed by atoms with Crippen molar-refractivity contribution in [2.24, 2.45) is 0 Å². The Bertz CT molecular complexity index is 398. The topological polar surface area (TPSA) is 79.3 Å². The number of aromatic nitrogens is 2. The summed E-state index contributed by atoms with van der Waals surface area (Å²) in [5.74, 6) is 2.20. The number of hydrogen-bond acceptors (Lipinski definition) is 6. The van der Waals surface area contributed by atoms with E-state index in [0.717, 1.165) is 24.6 Å². The van der Waals surface area contributed by atoms with Crippen LogP contribution in [0.15, 0.2) is 6.07 Å². The third-order valence-electron chi connectivity index (χ3n) is 2.97. The van der Waals surface area contributed by atoms with Crippen molar-refractivity contribution in [3.05, 3.63) is 11.9 Å². The lowest BCUT2D eigenvalue weighted by molar-refractivity contribution is 0.128. The van der Waals surface area contributed by atoms with Gasteiger partial charge in [0.15, 0.2) is 5.82 Å². The molecule has 0 saturated carbocycles. The van der Waals surface area contributed by atoms with Crippen molar-refractivity contribution in [2.45, 2.75) is 52.7 Å². The second kappa shape index (κ2) is 8.79. The molecule has 0 spiro atoms. The van der Waals surface area contributed by atoms with Crippen molar-refractivity contribution < 1.29 is 9.84 Å². The molecule has 1 aromatic heterocycles. The SMILES string of the molecule is CCCNc1cc(NC(C)(C)CCO)nc(COCC)n1. The van der Waals surface area contributed by atoms with Crippen LogP contribution in [0.1, 0.15) is 46.4 Å². The van der Waals surface area contributed by atoms with Crippen LogP contribution >= 0.6 is 0 Å². The Balaban J connectivity index is 2.89. The number of nitrogens with one attached hydrogen (secondary N) is 2. The van der Waals surface area contributed by atoms with Crippen molar-refractivity contribution in [2.75, 3.05) is 30.4 Å². The van der Waals surface area contributed by atoms with Gasteiger partial charge in [0.1, 0.15) is 18.2 Å². The fourth-order valence-electron chi connectivity index (χ4n) is 1.85. The van der Waals surface area contributed by atoms with E-state index in [1.807, 2.05) is 26.8 Å². The Hall–Kier alpha value is -1.40. The van der Waals surface area contributed by atoms with Gasteiger partial charge in [-0.3, -0.25) is 0 Å². The lowest BCUT2D eigenvalue weighted by atomic mass is 10.0. The highest BCUT2D eigenvalue weighted by Gasteiger charge is 2.18. The normalized spacial score (nSPS) is 11.5. The maximum Gasteiger partial charge on any atom is 0.158 e. The first-order chi connectivity index (χ1) is 10.0. The zero-order chi connectivity index (χ0) is 15.7. The molecule has 6 nitrogen and oxygen atoms in total. The molecule has 0 aliphatic carbocycles. The molecular weight excluding hydrogens is 268 g/mol. The minimum absolute atomic E-state index is 0.137.